The molecule has 1 aromatic heterocycles. The van der Waals surface area contributed by atoms with Gasteiger partial charge in [0.1, 0.15) is 5.84 Å². The van der Waals surface area contributed by atoms with Crippen LogP contribution in [0.1, 0.15) is 16.0 Å². The molecule has 0 aliphatic carbocycles. The van der Waals surface area contributed by atoms with E-state index >= 15 is 0 Å². The Morgan fingerprint density at radius 1 is 1.37 bits per heavy atom. The standard InChI is InChI=1S/C14H16N4S/c1-9-3-2-4-10(7-9)8-14(16)17-11-5-6-19-12(11)13(15)18-14/h2-7,17H,8,16H2,1H3,(H2,15,18). The molecule has 0 spiro atoms. The van der Waals surface area contributed by atoms with Crippen molar-refractivity contribution >= 4 is 22.9 Å². The van der Waals surface area contributed by atoms with Crippen LogP contribution < -0.4 is 16.8 Å². The average molecular weight is 272 g/mol. The molecule has 4 nitrogen and oxygen atoms in total. The molecule has 1 aliphatic rings. The molecular formula is C14H16N4S. The number of anilines is 1. The smallest absolute Gasteiger partial charge is 0.188 e. The summed E-state index contributed by atoms with van der Waals surface area (Å²) in [4.78, 5) is 5.39. The molecule has 0 bridgehead atoms. The van der Waals surface area contributed by atoms with E-state index in [4.69, 9.17) is 11.5 Å². The van der Waals surface area contributed by atoms with E-state index in [-0.39, 0.29) is 0 Å². The lowest BCUT2D eigenvalue weighted by molar-refractivity contribution is 0.503. The van der Waals surface area contributed by atoms with Gasteiger partial charge in [-0.2, -0.15) is 0 Å². The van der Waals surface area contributed by atoms with E-state index in [1.165, 1.54) is 5.56 Å². The summed E-state index contributed by atoms with van der Waals surface area (Å²) in [7, 11) is 0. The molecule has 0 amide bonds. The van der Waals surface area contributed by atoms with Crippen molar-refractivity contribution in [3.05, 3.63) is 51.7 Å². The van der Waals surface area contributed by atoms with Crippen LogP contribution in [0.3, 0.4) is 0 Å². The molecule has 19 heavy (non-hydrogen) atoms. The number of aryl methyl sites for hydroxylation is 1. The van der Waals surface area contributed by atoms with Crippen LogP contribution in [-0.4, -0.2) is 11.6 Å². The summed E-state index contributed by atoms with van der Waals surface area (Å²) < 4.78 is 0. The van der Waals surface area contributed by atoms with Crippen LogP contribution in [-0.2, 0) is 6.42 Å². The molecule has 98 valence electrons. The maximum atomic E-state index is 6.33. The molecule has 2 aromatic rings. The van der Waals surface area contributed by atoms with Gasteiger partial charge in [-0.3, -0.25) is 5.73 Å². The lowest BCUT2D eigenvalue weighted by atomic mass is 10.0. The zero-order chi connectivity index (χ0) is 13.5. The number of aliphatic imine (C=N–C) groups is 1. The Balaban J connectivity index is 1.91. The number of hydrogen-bond donors (Lipinski definition) is 3. The summed E-state index contributed by atoms with van der Waals surface area (Å²) in [6.45, 7) is 2.07. The third-order valence-electron chi connectivity index (χ3n) is 3.13. The van der Waals surface area contributed by atoms with Crippen molar-refractivity contribution in [2.75, 3.05) is 5.32 Å². The van der Waals surface area contributed by atoms with Crippen LogP contribution in [0.5, 0.6) is 0 Å². The number of rotatable bonds is 2. The predicted molar refractivity (Wildman–Crippen MR) is 80.5 cm³/mol. The molecule has 0 saturated carbocycles. The van der Waals surface area contributed by atoms with E-state index in [2.05, 4.69) is 35.4 Å². The second-order valence-corrected chi connectivity index (χ2v) is 5.79. The fourth-order valence-corrected chi connectivity index (χ4v) is 3.10. The van der Waals surface area contributed by atoms with Gasteiger partial charge in [0.15, 0.2) is 5.79 Å². The largest absolute Gasteiger partial charge is 0.383 e. The summed E-state index contributed by atoms with van der Waals surface area (Å²) in [5.74, 6) is -0.356. The van der Waals surface area contributed by atoms with Gasteiger partial charge >= 0.3 is 0 Å². The minimum absolute atomic E-state index is 0.513. The van der Waals surface area contributed by atoms with Crippen molar-refractivity contribution in [1.29, 1.82) is 0 Å². The zero-order valence-electron chi connectivity index (χ0n) is 10.7. The number of nitrogens with two attached hydrogens (primary N) is 2. The monoisotopic (exact) mass is 272 g/mol. The minimum Gasteiger partial charge on any atom is -0.383 e. The quantitative estimate of drug-likeness (QED) is 0.783. The van der Waals surface area contributed by atoms with Crippen molar-refractivity contribution in [3.8, 4) is 0 Å². The van der Waals surface area contributed by atoms with Crippen LogP contribution >= 0.6 is 11.3 Å². The molecule has 5 N–H and O–H groups in total. The van der Waals surface area contributed by atoms with Crippen LogP contribution in [0.15, 0.2) is 40.7 Å². The average Bonchev–Trinajstić information content (AvgIpc) is 2.76. The molecule has 1 atom stereocenters. The van der Waals surface area contributed by atoms with Gasteiger partial charge in [0, 0.05) is 6.42 Å². The fourth-order valence-electron chi connectivity index (χ4n) is 2.35. The number of amidine groups is 1. The Hall–Kier alpha value is -1.85. The third kappa shape index (κ3) is 2.34. The number of benzene rings is 1. The summed E-state index contributed by atoms with van der Waals surface area (Å²) in [6.07, 6.45) is 0.602. The second kappa shape index (κ2) is 4.36. The number of nitrogens with one attached hydrogen (secondary N) is 1. The van der Waals surface area contributed by atoms with Gasteiger partial charge in [0.25, 0.3) is 0 Å². The summed E-state index contributed by atoms with van der Waals surface area (Å²) in [5.41, 5.74) is 15.6. The lowest BCUT2D eigenvalue weighted by Gasteiger charge is -2.31. The van der Waals surface area contributed by atoms with Gasteiger partial charge < -0.3 is 11.1 Å². The van der Waals surface area contributed by atoms with Crippen molar-refractivity contribution in [2.24, 2.45) is 16.5 Å². The first kappa shape index (κ1) is 12.2. The van der Waals surface area contributed by atoms with E-state index in [1.54, 1.807) is 11.3 Å². The summed E-state index contributed by atoms with van der Waals surface area (Å²) in [6, 6.07) is 10.2. The van der Waals surface area contributed by atoms with Crippen molar-refractivity contribution in [1.82, 2.24) is 0 Å². The van der Waals surface area contributed by atoms with Gasteiger partial charge in [-0.25, -0.2) is 4.99 Å². The normalized spacial score (nSPS) is 21.5. The number of nitrogens with zero attached hydrogens (tertiary/aromatic N) is 1. The van der Waals surface area contributed by atoms with E-state index in [0.29, 0.717) is 12.3 Å². The van der Waals surface area contributed by atoms with Gasteiger partial charge in [0.05, 0.1) is 10.6 Å². The molecule has 1 unspecified atom stereocenters. The van der Waals surface area contributed by atoms with Crippen LogP contribution in [0.25, 0.3) is 0 Å². The van der Waals surface area contributed by atoms with E-state index in [1.807, 2.05) is 17.5 Å². The molecular weight excluding hydrogens is 256 g/mol. The molecule has 1 aromatic carbocycles. The topological polar surface area (TPSA) is 76.4 Å². The lowest BCUT2D eigenvalue weighted by Crippen LogP contribution is -2.51. The first-order valence-corrected chi connectivity index (χ1v) is 6.99. The molecule has 0 fully saturated rings. The maximum Gasteiger partial charge on any atom is 0.188 e. The Kier molecular flexibility index (Phi) is 2.80. The Morgan fingerprint density at radius 3 is 3.00 bits per heavy atom. The van der Waals surface area contributed by atoms with Gasteiger partial charge in [0.2, 0.25) is 0 Å². The van der Waals surface area contributed by atoms with Gasteiger partial charge in [-0.15, -0.1) is 11.3 Å². The predicted octanol–water partition coefficient (Wildman–Crippen LogP) is 2.04. The first-order chi connectivity index (χ1) is 9.06. The van der Waals surface area contributed by atoms with Crippen molar-refractivity contribution in [3.63, 3.8) is 0 Å². The number of fused-ring (bicyclic) bond motifs is 1. The van der Waals surface area contributed by atoms with Crippen LogP contribution in [0.2, 0.25) is 0 Å². The first-order valence-electron chi connectivity index (χ1n) is 6.11. The van der Waals surface area contributed by atoms with Gasteiger partial charge in [-0.05, 0) is 23.9 Å². The fraction of sp³-hybridized carbons (Fsp3) is 0.214. The Labute approximate surface area is 116 Å². The van der Waals surface area contributed by atoms with Gasteiger partial charge in [-0.1, -0.05) is 29.8 Å². The second-order valence-electron chi connectivity index (χ2n) is 4.88. The highest BCUT2D eigenvalue weighted by molar-refractivity contribution is 7.12. The highest BCUT2D eigenvalue weighted by Crippen LogP contribution is 2.30. The van der Waals surface area contributed by atoms with E-state index < -0.39 is 5.79 Å². The molecule has 2 heterocycles. The summed E-state index contributed by atoms with van der Waals surface area (Å²) >= 11 is 1.57. The van der Waals surface area contributed by atoms with Crippen molar-refractivity contribution in [2.45, 2.75) is 19.1 Å². The maximum absolute atomic E-state index is 6.33. The van der Waals surface area contributed by atoms with Crippen LogP contribution in [0.4, 0.5) is 5.69 Å². The van der Waals surface area contributed by atoms with Crippen molar-refractivity contribution < 1.29 is 0 Å². The molecule has 3 rings (SSSR count). The van der Waals surface area contributed by atoms with E-state index in [9.17, 15) is 0 Å². The van der Waals surface area contributed by atoms with Crippen LogP contribution in [0, 0.1) is 6.92 Å². The summed E-state index contributed by atoms with van der Waals surface area (Å²) in [5, 5.41) is 5.26. The third-order valence-corrected chi connectivity index (χ3v) is 4.06. The number of hydrogen-bond acceptors (Lipinski definition) is 5. The highest BCUT2D eigenvalue weighted by atomic mass is 32.1. The Morgan fingerprint density at radius 2 is 2.21 bits per heavy atom. The molecule has 0 radical (unpaired) electrons. The molecule has 1 aliphatic heterocycles. The SMILES string of the molecule is Cc1cccc(CC2(N)N=C(N)c3sccc3N2)c1. The Bertz CT molecular complexity index is 646. The number of thiophene rings is 1. The molecule has 0 saturated heterocycles. The van der Waals surface area contributed by atoms with E-state index in [0.717, 1.165) is 16.1 Å². The highest BCUT2D eigenvalue weighted by Gasteiger charge is 2.31. The molecule has 5 heteroatoms. The minimum atomic E-state index is -0.869. The zero-order valence-corrected chi connectivity index (χ0v) is 11.5.